The largest absolute Gasteiger partial charge is 0.467 e. The second-order valence-electron chi connectivity index (χ2n) is 6.31. The standard InChI is InChI=1S/C17H18N6O3S2/c18-15(25)14-11-5-1-2-6-12(11)28-16(14)19-13(24)9-27-17-20-21-22-23(17)8-10-4-3-7-26-10/h3-4,7H,1-2,5-6,8-9H2,(H2,18,25)(H,19,24). The molecule has 0 atom stereocenters. The molecule has 3 aromatic heterocycles. The summed E-state index contributed by atoms with van der Waals surface area (Å²) in [5.41, 5.74) is 7.02. The van der Waals surface area contributed by atoms with Gasteiger partial charge in [0.25, 0.3) is 5.91 Å². The number of fused-ring (bicyclic) bond motifs is 1. The molecule has 0 spiro atoms. The summed E-state index contributed by atoms with van der Waals surface area (Å²) in [5, 5.41) is 15.4. The number of carbonyl (C=O) groups excluding carboxylic acids is 2. The van der Waals surface area contributed by atoms with E-state index < -0.39 is 5.91 Å². The zero-order valence-corrected chi connectivity index (χ0v) is 16.5. The number of thiophene rings is 1. The average Bonchev–Trinajstić information content (AvgIpc) is 3.39. The van der Waals surface area contributed by atoms with Crippen molar-refractivity contribution in [2.75, 3.05) is 11.1 Å². The molecule has 2 amide bonds. The number of nitrogens with zero attached hydrogens (tertiary/aromatic N) is 4. The zero-order chi connectivity index (χ0) is 19.5. The van der Waals surface area contributed by atoms with E-state index in [0.717, 1.165) is 36.1 Å². The first-order valence-electron chi connectivity index (χ1n) is 8.77. The van der Waals surface area contributed by atoms with Gasteiger partial charge >= 0.3 is 0 Å². The predicted molar refractivity (Wildman–Crippen MR) is 104 cm³/mol. The number of nitrogens with two attached hydrogens (primary N) is 1. The molecule has 9 nitrogen and oxygen atoms in total. The summed E-state index contributed by atoms with van der Waals surface area (Å²) in [4.78, 5) is 25.5. The van der Waals surface area contributed by atoms with Crippen molar-refractivity contribution in [2.45, 2.75) is 37.4 Å². The van der Waals surface area contributed by atoms with E-state index in [4.69, 9.17) is 10.2 Å². The fourth-order valence-corrected chi connectivity index (χ4v) is 5.14. The lowest BCUT2D eigenvalue weighted by Crippen LogP contribution is -2.19. The Morgan fingerprint density at radius 3 is 3.00 bits per heavy atom. The van der Waals surface area contributed by atoms with Crippen LogP contribution in [0.1, 0.15) is 39.4 Å². The molecule has 146 valence electrons. The zero-order valence-electron chi connectivity index (χ0n) is 14.9. The second kappa shape index (κ2) is 8.15. The minimum absolute atomic E-state index is 0.110. The van der Waals surface area contributed by atoms with Gasteiger partial charge in [0.05, 0.1) is 17.6 Å². The average molecular weight is 419 g/mol. The number of nitrogens with one attached hydrogen (secondary N) is 1. The molecule has 0 fully saturated rings. The summed E-state index contributed by atoms with van der Waals surface area (Å²) in [6.45, 7) is 0.382. The van der Waals surface area contributed by atoms with E-state index in [1.165, 1.54) is 23.1 Å². The SMILES string of the molecule is NC(=O)c1c(NC(=O)CSc2nnnn2Cc2ccco2)sc2c1CCCC2. The molecule has 1 aliphatic rings. The van der Waals surface area contributed by atoms with E-state index in [9.17, 15) is 9.59 Å². The lowest BCUT2D eigenvalue weighted by atomic mass is 9.95. The first kappa shape index (κ1) is 18.7. The van der Waals surface area contributed by atoms with Crippen molar-refractivity contribution in [1.29, 1.82) is 0 Å². The van der Waals surface area contributed by atoms with Gasteiger partial charge in [0.2, 0.25) is 11.1 Å². The third-order valence-electron chi connectivity index (χ3n) is 4.39. The molecule has 11 heteroatoms. The third kappa shape index (κ3) is 3.94. The first-order valence-corrected chi connectivity index (χ1v) is 10.6. The number of aromatic nitrogens is 4. The van der Waals surface area contributed by atoms with Crippen LogP contribution in [0.5, 0.6) is 0 Å². The molecular weight excluding hydrogens is 400 g/mol. The quantitative estimate of drug-likeness (QED) is 0.562. The summed E-state index contributed by atoms with van der Waals surface area (Å²) in [6, 6.07) is 3.61. The fourth-order valence-electron chi connectivity index (χ4n) is 3.16. The molecule has 0 aliphatic heterocycles. The van der Waals surface area contributed by atoms with Crippen LogP contribution in [0.2, 0.25) is 0 Å². The normalized spacial score (nSPS) is 13.3. The number of aryl methyl sites for hydroxylation is 1. The van der Waals surface area contributed by atoms with Crippen LogP contribution in [0.3, 0.4) is 0 Å². The van der Waals surface area contributed by atoms with Gasteiger partial charge in [0.1, 0.15) is 17.3 Å². The van der Waals surface area contributed by atoms with Crippen LogP contribution >= 0.6 is 23.1 Å². The maximum Gasteiger partial charge on any atom is 0.251 e. The van der Waals surface area contributed by atoms with Gasteiger partial charge in [-0.2, -0.15) is 0 Å². The van der Waals surface area contributed by atoms with Crippen molar-refractivity contribution in [3.8, 4) is 0 Å². The molecule has 28 heavy (non-hydrogen) atoms. The Hall–Kier alpha value is -2.66. The lowest BCUT2D eigenvalue weighted by molar-refractivity contribution is -0.113. The van der Waals surface area contributed by atoms with Crippen LogP contribution in [0.15, 0.2) is 28.0 Å². The van der Waals surface area contributed by atoms with Gasteiger partial charge in [-0.15, -0.1) is 16.4 Å². The first-order chi connectivity index (χ1) is 13.6. The van der Waals surface area contributed by atoms with Gasteiger partial charge in [-0.05, 0) is 53.8 Å². The van der Waals surface area contributed by atoms with Gasteiger partial charge in [0.15, 0.2) is 0 Å². The maximum absolute atomic E-state index is 12.4. The second-order valence-corrected chi connectivity index (χ2v) is 8.36. The maximum atomic E-state index is 12.4. The molecule has 3 N–H and O–H groups in total. The van der Waals surface area contributed by atoms with E-state index in [-0.39, 0.29) is 11.7 Å². The Kier molecular flexibility index (Phi) is 5.44. The number of primary amides is 1. The third-order valence-corrected chi connectivity index (χ3v) is 6.55. The fraction of sp³-hybridized carbons (Fsp3) is 0.353. The van der Waals surface area contributed by atoms with Crippen LogP contribution in [0.4, 0.5) is 5.00 Å². The molecule has 0 aromatic carbocycles. The molecule has 3 heterocycles. The van der Waals surface area contributed by atoms with Gasteiger partial charge in [0, 0.05) is 4.88 Å². The van der Waals surface area contributed by atoms with Crippen molar-refractivity contribution < 1.29 is 14.0 Å². The van der Waals surface area contributed by atoms with Crippen LogP contribution in [0.25, 0.3) is 0 Å². The number of hydrogen-bond donors (Lipinski definition) is 2. The van der Waals surface area contributed by atoms with Crippen molar-refractivity contribution in [1.82, 2.24) is 20.2 Å². The van der Waals surface area contributed by atoms with E-state index in [0.29, 0.717) is 28.0 Å². The van der Waals surface area contributed by atoms with E-state index in [1.54, 1.807) is 17.0 Å². The highest BCUT2D eigenvalue weighted by molar-refractivity contribution is 7.99. The van der Waals surface area contributed by atoms with Crippen LogP contribution < -0.4 is 11.1 Å². The summed E-state index contributed by atoms with van der Waals surface area (Å²) in [7, 11) is 0. The number of anilines is 1. The van der Waals surface area contributed by atoms with Crippen molar-refractivity contribution >= 4 is 39.9 Å². The molecule has 0 bridgehead atoms. The minimum Gasteiger partial charge on any atom is -0.467 e. The van der Waals surface area contributed by atoms with Gasteiger partial charge in [-0.1, -0.05) is 11.8 Å². The minimum atomic E-state index is -0.496. The van der Waals surface area contributed by atoms with Crippen molar-refractivity contribution in [3.63, 3.8) is 0 Å². The summed E-state index contributed by atoms with van der Waals surface area (Å²) in [5.74, 6) is 0.0940. The molecule has 0 saturated carbocycles. The van der Waals surface area contributed by atoms with Crippen LogP contribution in [0, 0.1) is 0 Å². The smallest absolute Gasteiger partial charge is 0.251 e. The summed E-state index contributed by atoms with van der Waals surface area (Å²) < 4.78 is 6.86. The van der Waals surface area contributed by atoms with Gasteiger partial charge < -0.3 is 15.5 Å². The number of thioether (sulfide) groups is 1. The number of amides is 2. The van der Waals surface area contributed by atoms with E-state index in [1.807, 2.05) is 6.07 Å². The molecule has 0 unspecified atom stereocenters. The highest BCUT2D eigenvalue weighted by Gasteiger charge is 2.25. The van der Waals surface area contributed by atoms with Crippen molar-refractivity contribution in [2.24, 2.45) is 5.73 Å². The lowest BCUT2D eigenvalue weighted by Gasteiger charge is -2.11. The Morgan fingerprint density at radius 2 is 2.21 bits per heavy atom. The van der Waals surface area contributed by atoms with E-state index >= 15 is 0 Å². The Morgan fingerprint density at radius 1 is 1.36 bits per heavy atom. The Balaban J connectivity index is 1.41. The Labute approximate surface area is 168 Å². The van der Waals surface area contributed by atoms with Gasteiger partial charge in [-0.25, -0.2) is 4.68 Å². The molecular formula is C17H18N6O3S2. The number of carbonyl (C=O) groups is 2. The monoisotopic (exact) mass is 418 g/mol. The van der Waals surface area contributed by atoms with Crippen LogP contribution in [-0.4, -0.2) is 37.8 Å². The number of rotatable bonds is 7. The summed E-state index contributed by atoms with van der Waals surface area (Å²) in [6.07, 6.45) is 5.46. The topological polar surface area (TPSA) is 129 Å². The highest BCUT2D eigenvalue weighted by atomic mass is 32.2. The molecule has 0 radical (unpaired) electrons. The van der Waals surface area contributed by atoms with Crippen molar-refractivity contribution in [3.05, 3.63) is 40.2 Å². The summed E-state index contributed by atoms with van der Waals surface area (Å²) >= 11 is 2.66. The van der Waals surface area contributed by atoms with Gasteiger partial charge in [-0.3, -0.25) is 9.59 Å². The number of furan rings is 1. The van der Waals surface area contributed by atoms with Crippen LogP contribution in [-0.2, 0) is 24.2 Å². The molecule has 0 saturated heterocycles. The predicted octanol–water partition coefficient (Wildman–Crippen LogP) is 2.08. The Bertz CT molecular complexity index is 995. The molecule has 3 aromatic rings. The number of hydrogen-bond acceptors (Lipinski definition) is 8. The van der Waals surface area contributed by atoms with E-state index in [2.05, 4.69) is 20.8 Å². The number of tetrazole rings is 1. The highest BCUT2D eigenvalue weighted by Crippen LogP contribution is 2.38. The molecule has 4 rings (SSSR count). The molecule has 1 aliphatic carbocycles.